The van der Waals surface area contributed by atoms with Crippen LogP contribution in [0.5, 0.6) is 0 Å². The number of amides is 4. The molecule has 7 heteroatoms. The van der Waals surface area contributed by atoms with Crippen molar-refractivity contribution in [3.8, 4) is 0 Å². The predicted octanol–water partition coefficient (Wildman–Crippen LogP) is 2.48. The van der Waals surface area contributed by atoms with Crippen molar-refractivity contribution in [3.05, 3.63) is 59.2 Å². The van der Waals surface area contributed by atoms with Gasteiger partial charge in [-0.25, -0.2) is 4.79 Å². The van der Waals surface area contributed by atoms with Crippen LogP contribution in [-0.4, -0.2) is 49.9 Å². The minimum atomic E-state index is -0.251. The zero-order valence-corrected chi connectivity index (χ0v) is 15.6. The van der Waals surface area contributed by atoms with Gasteiger partial charge >= 0.3 is 6.03 Å². The Hall–Kier alpha value is -3.35. The molecule has 1 heterocycles. The van der Waals surface area contributed by atoms with Gasteiger partial charge in [0.25, 0.3) is 11.8 Å². The van der Waals surface area contributed by atoms with Crippen molar-refractivity contribution < 1.29 is 14.4 Å². The maximum absolute atomic E-state index is 12.5. The van der Waals surface area contributed by atoms with Gasteiger partial charge in [-0.2, -0.15) is 0 Å². The molecule has 0 spiro atoms. The molecule has 0 aromatic heterocycles. The van der Waals surface area contributed by atoms with Crippen molar-refractivity contribution in [2.45, 2.75) is 6.92 Å². The summed E-state index contributed by atoms with van der Waals surface area (Å²) < 4.78 is 0. The summed E-state index contributed by atoms with van der Waals surface area (Å²) in [6.45, 7) is 3.07. The first-order chi connectivity index (χ1) is 12.9. The highest BCUT2D eigenvalue weighted by Crippen LogP contribution is 2.20. The first-order valence-corrected chi connectivity index (χ1v) is 8.66. The molecule has 2 aromatic carbocycles. The number of urea groups is 1. The maximum Gasteiger partial charge on any atom is 0.321 e. The summed E-state index contributed by atoms with van der Waals surface area (Å²) in [5.74, 6) is -0.328. The third kappa shape index (κ3) is 3.92. The molecular weight excluding hydrogens is 344 g/mol. The molecule has 2 N–H and O–H groups in total. The van der Waals surface area contributed by atoms with Gasteiger partial charge in [0, 0.05) is 49.7 Å². The van der Waals surface area contributed by atoms with Crippen LogP contribution in [0.4, 0.5) is 16.2 Å². The van der Waals surface area contributed by atoms with Crippen molar-refractivity contribution in [2.24, 2.45) is 0 Å². The highest BCUT2D eigenvalue weighted by Gasteiger charge is 2.21. The molecule has 1 aliphatic rings. The van der Waals surface area contributed by atoms with E-state index < -0.39 is 0 Å². The molecule has 0 aliphatic carbocycles. The lowest BCUT2D eigenvalue weighted by atomic mass is 10.1. The fraction of sp³-hybridized carbons (Fsp3) is 0.250. The van der Waals surface area contributed by atoms with Crippen molar-refractivity contribution in [1.29, 1.82) is 0 Å². The van der Waals surface area contributed by atoms with Crippen LogP contribution in [0, 0.1) is 6.92 Å². The second kappa shape index (κ2) is 7.49. The quantitative estimate of drug-likeness (QED) is 0.872. The van der Waals surface area contributed by atoms with E-state index in [9.17, 15) is 14.4 Å². The van der Waals surface area contributed by atoms with Gasteiger partial charge in [0.15, 0.2) is 0 Å². The zero-order chi connectivity index (χ0) is 19.6. The van der Waals surface area contributed by atoms with Crippen LogP contribution in [0.3, 0.4) is 0 Å². The molecule has 3 rings (SSSR count). The third-order valence-electron chi connectivity index (χ3n) is 4.42. The van der Waals surface area contributed by atoms with Gasteiger partial charge < -0.3 is 15.5 Å². The summed E-state index contributed by atoms with van der Waals surface area (Å²) in [4.78, 5) is 39.4. The molecule has 1 aliphatic heterocycles. The van der Waals surface area contributed by atoms with E-state index in [4.69, 9.17) is 0 Å². The summed E-state index contributed by atoms with van der Waals surface area (Å²) in [5.41, 5.74) is 3.26. The number of aryl methyl sites for hydroxylation is 1. The predicted molar refractivity (Wildman–Crippen MR) is 104 cm³/mol. The first kappa shape index (κ1) is 18.4. The molecule has 0 bridgehead atoms. The number of carbonyl (C=O) groups excluding carboxylic acids is 3. The number of hydrogen-bond acceptors (Lipinski definition) is 3. The van der Waals surface area contributed by atoms with Crippen molar-refractivity contribution in [3.63, 3.8) is 0 Å². The number of rotatable bonds is 4. The van der Waals surface area contributed by atoms with Crippen LogP contribution in [0.1, 0.15) is 26.3 Å². The zero-order valence-electron chi connectivity index (χ0n) is 15.6. The van der Waals surface area contributed by atoms with Crippen molar-refractivity contribution in [1.82, 2.24) is 10.2 Å². The van der Waals surface area contributed by atoms with Crippen LogP contribution in [0.2, 0.25) is 0 Å². The minimum absolute atomic E-state index is 0.0769. The molecule has 27 heavy (non-hydrogen) atoms. The number of hydrogen-bond donors (Lipinski definition) is 2. The number of carbonyl (C=O) groups is 3. The van der Waals surface area contributed by atoms with E-state index in [-0.39, 0.29) is 17.8 Å². The average Bonchev–Trinajstić information content (AvgIpc) is 3.07. The highest BCUT2D eigenvalue weighted by atomic mass is 16.2. The van der Waals surface area contributed by atoms with E-state index in [0.29, 0.717) is 29.9 Å². The smallest absolute Gasteiger partial charge is 0.321 e. The number of benzene rings is 2. The fourth-order valence-corrected chi connectivity index (χ4v) is 2.94. The lowest BCUT2D eigenvalue weighted by Gasteiger charge is -2.15. The van der Waals surface area contributed by atoms with Crippen LogP contribution >= 0.6 is 0 Å². The topological polar surface area (TPSA) is 81.8 Å². The van der Waals surface area contributed by atoms with Gasteiger partial charge in [-0.15, -0.1) is 0 Å². The second-order valence-electron chi connectivity index (χ2n) is 6.61. The summed E-state index contributed by atoms with van der Waals surface area (Å²) in [5, 5.41) is 5.58. The van der Waals surface area contributed by atoms with Gasteiger partial charge in [0.1, 0.15) is 0 Å². The Morgan fingerprint density at radius 2 is 1.81 bits per heavy atom. The van der Waals surface area contributed by atoms with E-state index in [2.05, 4.69) is 10.6 Å². The van der Waals surface area contributed by atoms with Crippen molar-refractivity contribution in [2.75, 3.05) is 37.4 Å². The Morgan fingerprint density at radius 3 is 2.37 bits per heavy atom. The maximum atomic E-state index is 12.5. The lowest BCUT2D eigenvalue weighted by Crippen LogP contribution is -2.27. The lowest BCUT2D eigenvalue weighted by molar-refractivity contribution is 0.0826. The Bertz CT molecular complexity index is 891. The van der Waals surface area contributed by atoms with E-state index >= 15 is 0 Å². The van der Waals surface area contributed by atoms with Gasteiger partial charge in [0.2, 0.25) is 0 Å². The van der Waals surface area contributed by atoms with Gasteiger partial charge in [-0.1, -0.05) is 0 Å². The second-order valence-corrected chi connectivity index (χ2v) is 6.61. The average molecular weight is 366 g/mol. The van der Waals surface area contributed by atoms with Gasteiger partial charge in [0.05, 0.1) is 0 Å². The van der Waals surface area contributed by atoms with E-state index in [1.165, 1.54) is 4.90 Å². The molecule has 0 saturated carbocycles. The molecule has 2 aromatic rings. The molecule has 0 unspecified atom stereocenters. The van der Waals surface area contributed by atoms with Crippen LogP contribution in [0.15, 0.2) is 42.5 Å². The Balaban J connectivity index is 1.71. The number of nitrogens with one attached hydrogen (secondary N) is 2. The first-order valence-electron chi connectivity index (χ1n) is 8.66. The van der Waals surface area contributed by atoms with Gasteiger partial charge in [-0.3, -0.25) is 14.5 Å². The Kier molecular flexibility index (Phi) is 5.12. The van der Waals surface area contributed by atoms with E-state index in [0.717, 1.165) is 11.3 Å². The summed E-state index contributed by atoms with van der Waals surface area (Å²) in [6, 6.07) is 12.0. The van der Waals surface area contributed by atoms with E-state index in [1.54, 1.807) is 61.5 Å². The molecule has 0 atom stereocenters. The normalized spacial score (nSPS) is 13.3. The molecular formula is C20H22N4O3. The highest BCUT2D eigenvalue weighted by molar-refractivity contribution is 6.05. The molecule has 1 saturated heterocycles. The minimum Gasteiger partial charge on any atom is -0.345 e. The van der Waals surface area contributed by atoms with Crippen LogP contribution in [-0.2, 0) is 0 Å². The number of nitrogens with zero attached hydrogens (tertiary/aromatic N) is 2. The molecule has 1 fully saturated rings. The fourth-order valence-electron chi connectivity index (χ4n) is 2.94. The summed E-state index contributed by atoms with van der Waals surface area (Å²) >= 11 is 0. The molecule has 140 valence electrons. The summed E-state index contributed by atoms with van der Waals surface area (Å²) in [6.07, 6.45) is 0. The Morgan fingerprint density at radius 1 is 1.11 bits per heavy atom. The standard InChI is InChI=1S/C20H22N4O3/c1-13-12-15(6-9-17(13)19(26)23(2)3)22-18(25)14-4-7-16(8-5-14)24-11-10-21-20(24)27/h4-9,12H,10-11H2,1-3H3,(H,21,27)(H,22,25). The molecule has 0 radical (unpaired) electrons. The van der Waals surface area contributed by atoms with Crippen LogP contribution < -0.4 is 15.5 Å². The largest absolute Gasteiger partial charge is 0.345 e. The SMILES string of the molecule is Cc1cc(NC(=O)c2ccc(N3CCNC3=O)cc2)ccc1C(=O)N(C)C. The monoisotopic (exact) mass is 366 g/mol. The molecule has 4 amide bonds. The Labute approximate surface area is 158 Å². The summed E-state index contributed by atoms with van der Waals surface area (Å²) in [7, 11) is 3.40. The number of anilines is 2. The van der Waals surface area contributed by atoms with Gasteiger partial charge in [-0.05, 0) is 55.0 Å². The van der Waals surface area contributed by atoms with Crippen molar-refractivity contribution >= 4 is 29.2 Å². The van der Waals surface area contributed by atoms with E-state index in [1.807, 2.05) is 6.92 Å². The van der Waals surface area contributed by atoms with Crippen LogP contribution in [0.25, 0.3) is 0 Å². The molecule has 7 nitrogen and oxygen atoms in total. The third-order valence-corrected chi connectivity index (χ3v) is 4.42.